The van der Waals surface area contributed by atoms with Gasteiger partial charge in [-0.1, -0.05) is 37.1 Å². The van der Waals surface area contributed by atoms with Gasteiger partial charge in [-0.3, -0.25) is 4.79 Å². The van der Waals surface area contributed by atoms with Crippen LogP contribution in [-0.4, -0.2) is 68.0 Å². The third-order valence-electron chi connectivity index (χ3n) is 5.45. The number of guanidine groups is 1. The highest BCUT2D eigenvalue weighted by Crippen LogP contribution is 2.25. The molecule has 0 aromatic heterocycles. The Bertz CT molecular complexity index is 668. The van der Waals surface area contributed by atoms with Gasteiger partial charge < -0.3 is 19.9 Å². The van der Waals surface area contributed by atoms with Crippen LogP contribution in [0, 0.1) is 6.92 Å². The molecule has 1 unspecified atom stereocenters. The molecule has 0 bridgehead atoms. The Labute approximate surface area is 162 Å². The Kier molecular flexibility index (Phi) is 6.72. The van der Waals surface area contributed by atoms with Gasteiger partial charge in [0.1, 0.15) is 12.6 Å². The van der Waals surface area contributed by atoms with Gasteiger partial charge >= 0.3 is 0 Å². The van der Waals surface area contributed by atoms with Crippen LogP contribution in [0.4, 0.5) is 0 Å². The number of rotatable bonds is 4. The van der Waals surface area contributed by atoms with Gasteiger partial charge in [-0.15, -0.1) is 0 Å². The van der Waals surface area contributed by atoms with Crippen LogP contribution in [0.25, 0.3) is 0 Å². The molecule has 1 aliphatic heterocycles. The van der Waals surface area contributed by atoms with Crippen molar-refractivity contribution in [1.29, 1.82) is 0 Å². The van der Waals surface area contributed by atoms with Crippen LogP contribution in [-0.2, 0) is 9.53 Å². The number of amides is 1. The highest BCUT2D eigenvalue weighted by atomic mass is 16.5. The molecule has 1 aromatic rings. The first-order valence-electron chi connectivity index (χ1n) is 9.98. The van der Waals surface area contributed by atoms with E-state index in [0.29, 0.717) is 12.6 Å². The molecule has 148 valence electrons. The summed E-state index contributed by atoms with van der Waals surface area (Å²) in [5.74, 6) is 0.864. The van der Waals surface area contributed by atoms with E-state index in [1.807, 2.05) is 0 Å². The van der Waals surface area contributed by atoms with Gasteiger partial charge in [-0.2, -0.15) is 0 Å². The van der Waals surface area contributed by atoms with Crippen LogP contribution in [0.3, 0.4) is 0 Å². The maximum absolute atomic E-state index is 12.0. The summed E-state index contributed by atoms with van der Waals surface area (Å²) in [7, 11) is 3.54. The zero-order chi connectivity index (χ0) is 19.2. The smallest absolute Gasteiger partial charge is 0.243 e. The molecule has 6 nitrogen and oxygen atoms in total. The van der Waals surface area contributed by atoms with Gasteiger partial charge in [0.05, 0.1) is 13.2 Å². The largest absolute Gasteiger partial charge is 0.370 e. The lowest BCUT2D eigenvalue weighted by Crippen LogP contribution is -2.50. The van der Waals surface area contributed by atoms with Crippen LogP contribution in [0.1, 0.15) is 42.9 Å². The maximum Gasteiger partial charge on any atom is 0.243 e. The van der Waals surface area contributed by atoms with Crippen molar-refractivity contribution in [2.45, 2.75) is 44.8 Å². The molecule has 1 aliphatic carbocycles. The minimum atomic E-state index is 0.0180. The van der Waals surface area contributed by atoms with Crippen molar-refractivity contribution >= 4 is 11.9 Å². The van der Waals surface area contributed by atoms with E-state index in [4.69, 9.17) is 4.74 Å². The fourth-order valence-corrected chi connectivity index (χ4v) is 3.75. The van der Waals surface area contributed by atoms with E-state index in [-0.39, 0.29) is 18.6 Å². The second-order valence-corrected chi connectivity index (χ2v) is 7.72. The van der Waals surface area contributed by atoms with Crippen molar-refractivity contribution in [2.24, 2.45) is 4.99 Å². The number of hydrogen-bond acceptors (Lipinski definition) is 3. The first kappa shape index (κ1) is 19.7. The number of likely N-dealkylation sites (N-methyl/N-ethyl adjacent to an activating group) is 1. The zero-order valence-corrected chi connectivity index (χ0v) is 16.8. The number of hydrogen-bond donors (Lipinski definition) is 1. The average Bonchev–Trinajstić information content (AvgIpc) is 3.18. The number of nitrogens with one attached hydrogen (secondary N) is 1. The molecule has 1 heterocycles. The number of carbonyl (C=O) groups is 1. The summed E-state index contributed by atoms with van der Waals surface area (Å²) in [5.41, 5.74) is 2.47. The first-order valence-corrected chi connectivity index (χ1v) is 9.98. The summed E-state index contributed by atoms with van der Waals surface area (Å²) in [6, 6.07) is 8.84. The summed E-state index contributed by atoms with van der Waals surface area (Å²) in [6.07, 6.45) is 4.89. The molecule has 1 saturated carbocycles. The molecular formula is C21H32N4O2. The Hall–Kier alpha value is -2.08. The molecule has 1 atom stereocenters. The zero-order valence-electron chi connectivity index (χ0n) is 16.8. The van der Waals surface area contributed by atoms with Gasteiger partial charge in [0, 0.05) is 26.7 Å². The van der Waals surface area contributed by atoms with E-state index in [0.717, 1.165) is 19.0 Å². The van der Waals surface area contributed by atoms with Crippen LogP contribution < -0.4 is 5.32 Å². The molecule has 1 N–H and O–H groups in total. The predicted molar refractivity (Wildman–Crippen MR) is 108 cm³/mol. The van der Waals surface area contributed by atoms with Crippen molar-refractivity contribution in [2.75, 3.05) is 40.3 Å². The summed E-state index contributed by atoms with van der Waals surface area (Å²) in [6.45, 7) is 4.50. The lowest BCUT2D eigenvalue weighted by atomic mass is 10.0. The quantitative estimate of drug-likeness (QED) is 0.651. The van der Waals surface area contributed by atoms with Gasteiger partial charge in [-0.25, -0.2) is 4.99 Å². The topological polar surface area (TPSA) is 57.2 Å². The first-order chi connectivity index (χ1) is 13.0. The van der Waals surface area contributed by atoms with E-state index in [1.165, 1.54) is 36.8 Å². The molecule has 3 rings (SSSR count). The molecule has 1 amide bonds. The molecule has 2 aliphatic rings. The number of ether oxygens (including phenoxy) is 1. The predicted octanol–water partition coefficient (Wildman–Crippen LogP) is 2.34. The lowest BCUT2D eigenvalue weighted by Gasteiger charge is -2.36. The summed E-state index contributed by atoms with van der Waals surface area (Å²) >= 11 is 0. The summed E-state index contributed by atoms with van der Waals surface area (Å²) in [5, 5.41) is 3.62. The molecule has 1 saturated heterocycles. The van der Waals surface area contributed by atoms with Crippen molar-refractivity contribution in [3.63, 3.8) is 0 Å². The minimum Gasteiger partial charge on any atom is -0.370 e. The number of morpholine rings is 1. The fraction of sp³-hybridized carbons (Fsp3) is 0.619. The molecule has 0 radical (unpaired) electrons. The monoisotopic (exact) mass is 372 g/mol. The van der Waals surface area contributed by atoms with Crippen LogP contribution in [0.5, 0.6) is 0 Å². The Morgan fingerprint density at radius 3 is 2.74 bits per heavy atom. The second kappa shape index (κ2) is 9.22. The highest BCUT2D eigenvalue weighted by Gasteiger charge is 2.27. The van der Waals surface area contributed by atoms with E-state index in [2.05, 4.69) is 46.4 Å². The number of benzene rings is 1. The van der Waals surface area contributed by atoms with Crippen molar-refractivity contribution in [3.05, 3.63) is 35.4 Å². The molecule has 0 spiro atoms. The van der Waals surface area contributed by atoms with E-state index in [1.54, 1.807) is 19.0 Å². The molecular weight excluding hydrogens is 340 g/mol. The normalized spacial score (nSPS) is 21.4. The lowest BCUT2D eigenvalue weighted by molar-refractivity contribution is -0.127. The minimum absolute atomic E-state index is 0.0180. The van der Waals surface area contributed by atoms with Crippen molar-refractivity contribution in [1.82, 2.24) is 15.1 Å². The SMILES string of the molecule is Cc1ccccc1C1CN(C(=NCC(=O)N(C)C)NC2CCCC2)CCO1. The highest BCUT2D eigenvalue weighted by molar-refractivity contribution is 5.85. The van der Waals surface area contributed by atoms with Gasteiger partial charge in [0.2, 0.25) is 5.91 Å². The van der Waals surface area contributed by atoms with Crippen molar-refractivity contribution < 1.29 is 9.53 Å². The molecule has 6 heteroatoms. The standard InChI is InChI=1S/C21H32N4O2/c1-16-8-4-7-11-18(16)19-15-25(12-13-27-19)21(22-14-20(26)24(2)3)23-17-9-5-6-10-17/h4,7-8,11,17,19H,5-6,9-10,12-15H2,1-3H3,(H,22,23). The number of aliphatic imine (C=N–C) groups is 1. The number of nitrogens with zero attached hydrogens (tertiary/aromatic N) is 3. The third-order valence-corrected chi connectivity index (χ3v) is 5.45. The Balaban J connectivity index is 1.74. The molecule has 1 aromatic carbocycles. The van der Waals surface area contributed by atoms with Crippen LogP contribution >= 0.6 is 0 Å². The van der Waals surface area contributed by atoms with E-state index >= 15 is 0 Å². The fourth-order valence-electron chi connectivity index (χ4n) is 3.75. The van der Waals surface area contributed by atoms with Crippen LogP contribution in [0.2, 0.25) is 0 Å². The number of carbonyl (C=O) groups excluding carboxylic acids is 1. The second-order valence-electron chi connectivity index (χ2n) is 7.72. The Morgan fingerprint density at radius 1 is 1.30 bits per heavy atom. The molecule has 27 heavy (non-hydrogen) atoms. The Morgan fingerprint density at radius 2 is 2.04 bits per heavy atom. The van der Waals surface area contributed by atoms with Gasteiger partial charge in [-0.05, 0) is 30.9 Å². The third kappa shape index (κ3) is 5.22. The van der Waals surface area contributed by atoms with Gasteiger partial charge in [0.15, 0.2) is 5.96 Å². The molecule has 2 fully saturated rings. The van der Waals surface area contributed by atoms with Crippen molar-refractivity contribution in [3.8, 4) is 0 Å². The average molecular weight is 373 g/mol. The maximum atomic E-state index is 12.0. The summed E-state index contributed by atoms with van der Waals surface area (Å²) < 4.78 is 6.06. The van der Waals surface area contributed by atoms with E-state index in [9.17, 15) is 4.79 Å². The van der Waals surface area contributed by atoms with Gasteiger partial charge in [0.25, 0.3) is 0 Å². The summed E-state index contributed by atoms with van der Waals surface area (Å²) in [4.78, 5) is 20.6. The number of aryl methyl sites for hydroxylation is 1. The van der Waals surface area contributed by atoms with Crippen LogP contribution in [0.15, 0.2) is 29.3 Å². The van der Waals surface area contributed by atoms with E-state index < -0.39 is 0 Å².